The molecule has 0 unspecified atom stereocenters. The Balaban J connectivity index is 1.78. The first kappa shape index (κ1) is 12.8. The van der Waals surface area contributed by atoms with Crippen LogP contribution in [0.25, 0.3) is 5.82 Å². The molecule has 0 amide bonds. The molecule has 100 valence electrons. The second-order valence-electron chi connectivity index (χ2n) is 5.08. The second kappa shape index (κ2) is 5.06. The van der Waals surface area contributed by atoms with Crippen molar-refractivity contribution < 1.29 is 0 Å². The zero-order valence-electron chi connectivity index (χ0n) is 11.2. The van der Waals surface area contributed by atoms with Crippen molar-refractivity contribution in [3.63, 3.8) is 0 Å². The Bertz CT molecular complexity index is 584. The number of halogens is 1. The van der Waals surface area contributed by atoms with Gasteiger partial charge in [-0.15, -0.1) is 0 Å². The van der Waals surface area contributed by atoms with Gasteiger partial charge in [-0.2, -0.15) is 5.10 Å². The van der Waals surface area contributed by atoms with E-state index in [4.69, 9.17) is 0 Å². The number of pyridine rings is 1. The third kappa shape index (κ3) is 2.72. The molecule has 19 heavy (non-hydrogen) atoms. The fourth-order valence-corrected chi connectivity index (χ4v) is 2.29. The molecule has 2 aromatic rings. The van der Waals surface area contributed by atoms with E-state index in [1.807, 2.05) is 30.8 Å². The standard InChI is InChI=1S/C14H17BrN4/c1-9-14(15)10(2)19(18-9)13-6-3-11(8-17-13)7-16-12-4-5-12/h3,6,8,12,16H,4-5,7H2,1-2H3. The third-order valence-corrected chi connectivity index (χ3v) is 4.55. The Hall–Kier alpha value is -1.20. The highest BCUT2D eigenvalue weighted by molar-refractivity contribution is 9.10. The second-order valence-corrected chi connectivity index (χ2v) is 5.87. The predicted octanol–water partition coefficient (Wildman–Crippen LogP) is 2.90. The molecule has 2 heterocycles. The first-order valence-electron chi connectivity index (χ1n) is 6.55. The van der Waals surface area contributed by atoms with E-state index in [0.717, 1.165) is 34.3 Å². The van der Waals surface area contributed by atoms with Gasteiger partial charge < -0.3 is 5.32 Å². The van der Waals surface area contributed by atoms with Gasteiger partial charge in [-0.3, -0.25) is 0 Å². The molecular formula is C14H17BrN4. The van der Waals surface area contributed by atoms with Gasteiger partial charge in [-0.1, -0.05) is 6.07 Å². The topological polar surface area (TPSA) is 42.7 Å². The SMILES string of the molecule is Cc1nn(-c2ccc(CNC3CC3)cn2)c(C)c1Br. The number of nitrogens with one attached hydrogen (secondary N) is 1. The van der Waals surface area contributed by atoms with Gasteiger partial charge >= 0.3 is 0 Å². The minimum absolute atomic E-state index is 0.728. The molecule has 5 heteroatoms. The Morgan fingerprint density at radius 3 is 2.68 bits per heavy atom. The number of nitrogens with zero attached hydrogens (tertiary/aromatic N) is 3. The van der Waals surface area contributed by atoms with Gasteiger partial charge in [0, 0.05) is 18.8 Å². The average molecular weight is 321 g/mol. The van der Waals surface area contributed by atoms with Crippen LogP contribution in [0.4, 0.5) is 0 Å². The molecule has 4 nitrogen and oxygen atoms in total. The van der Waals surface area contributed by atoms with E-state index in [2.05, 4.69) is 37.4 Å². The molecule has 0 bridgehead atoms. The molecule has 0 saturated heterocycles. The lowest BCUT2D eigenvalue weighted by Gasteiger charge is -2.06. The molecular weight excluding hydrogens is 304 g/mol. The summed E-state index contributed by atoms with van der Waals surface area (Å²) in [6.45, 7) is 4.93. The summed E-state index contributed by atoms with van der Waals surface area (Å²) in [6.07, 6.45) is 4.55. The Labute approximate surface area is 121 Å². The Morgan fingerprint density at radius 1 is 1.37 bits per heavy atom. The zero-order chi connectivity index (χ0) is 13.4. The van der Waals surface area contributed by atoms with Crippen molar-refractivity contribution in [2.75, 3.05) is 0 Å². The average Bonchev–Trinajstić information content (AvgIpc) is 3.21. The maximum Gasteiger partial charge on any atom is 0.153 e. The van der Waals surface area contributed by atoms with Gasteiger partial charge in [0.1, 0.15) is 0 Å². The van der Waals surface area contributed by atoms with Crippen LogP contribution in [0, 0.1) is 13.8 Å². The van der Waals surface area contributed by atoms with Crippen molar-refractivity contribution in [3.8, 4) is 5.82 Å². The largest absolute Gasteiger partial charge is 0.310 e. The van der Waals surface area contributed by atoms with Crippen molar-refractivity contribution in [1.82, 2.24) is 20.1 Å². The number of hydrogen-bond donors (Lipinski definition) is 1. The first-order chi connectivity index (χ1) is 9.15. The van der Waals surface area contributed by atoms with Crippen LogP contribution < -0.4 is 5.32 Å². The summed E-state index contributed by atoms with van der Waals surface area (Å²) >= 11 is 3.54. The van der Waals surface area contributed by atoms with Crippen LogP contribution >= 0.6 is 15.9 Å². The minimum Gasteiger partial charge on any atom is -0.310 e. The molecule has 1 fully saturated rings. The highest BCUT2D eigenvalue weighted by Gasteiger charge is 2.20. The van der Waals surface area contributed by atoms with Gasteiger partial charge in [0.15, 0.2) is 5.82 Å². The van der Waals surface area contributed by atoms with Gasteiger partial charge in [0.2, 0.25) is 0 Å². The van der Waals surface area contributed by atoms with Gasteiger partial charge in [-0.05, 0) is 54.2 Å². The molecule has 1 N–H and O–H groups in total. The van der Waals surface area contributed by atoms with Gasteiger partial charge in [0.05, 0.1) is 15.9 Å². The number of aryl methyl sites for hydroxylation is 1. The van der Waals surface area contributed by atoms with Crippen LogP contribution in [0.1, 0.15) is 29.8 Å². The van der Waals surface area contributed by atoms with Crippen LogP contribution in [0.15, 0.2) is 22.8 Å². The van der Waals surface area contributed by atoms with Gasteiger partial charge in [0.25, 0.3) is 0 Å². The number of aromatic nitrogens is 3. The van der Waals surface area contributed by atoms with E-state index in [9.17, 15) is 0 Å². The zero-order valence-corrected chi connectivity index (χ0v) is 12.7. The van der Waals surface area contributed by atoms with Crippen molar-refractivity contribution in [3.05, 3.63) is 39.8 Å². The van der Waals surface area contributed by atoms with Crippen molar-refractivity contribution >= 4 is 15.9 Å². The number of rotatable bonds is 4. The molecule has 0 aliphatic heterocycles. The summed E-state index contributed by atoms with van der Waals surface area (Å²) in [4.78, 5) is 4.50. The summed E-state index contributed by atoms with van der Waals surface area (Å²) in [5, 5.41) is 7.97. The molecule has 1 aliphatic carbocycles. The van der Waals surface area contributed by atoms with Crippen molar-refractivity contribution in [2.45, 2.75) is 39.3 Å². The maximum atomic E-state index is 4.50. The van der Waals surface area contributed by atoms with E-state index in [1.54, 1.807) is 0 Å². The third-order valence-electron chi connectivity index (χ3n) is 3.40. The van der Waals surface area contributed by atoms with E-state index < -0.39 is 0 Å². The predicted molar refractivity (Wildman–Crippen MR) is 78.4 cm³/mol. The maximum absolute atomic E-state index is 4.50. The Morgan fingerprint density at radius 2 is 2.16 bits per heavy atom. The lowest BCUT2D eigenvalue weighted by Crippen LogP contribution is -2.15. The van der Waals surface area contributed by atoms with Crippen LogP contribution in [-0.2, 0) is 6.54 Å². The van der Waals surface area contributed by atoms with E-state index >= 15 is 0 Å². The first-order valence-corrected chi connectivity index (χ1v) is 7.35. The highest BCUT2D eigenvalue weighted by atomic mass is 79.9. The van der Waals surface area contributed by atoms with Crippen molar-refractivity contribution in [1.29, 1.82) is 0 Å². The Kier molecular flexibility index (Phi) is 3.41. The van der Waals surface area contributed by atoms with Crippen LogP contribution in [0.2, 0.25) is 0 Å². The lowest BCUT2D eigenvalue weighted by atomic mass is 10.3. The monoisotopic (exact) mass is 320 g/mol. The van der Waals surface area contributed by atoms with Crippen LogP contribution in [0.3, 0.4) is 0 Å². The lowest BCUT2D eigenvalue weighted by molar-refractivity contribution is 0.684. The summed E-state index contributed by atoms with van der Waals surface area (Å²) in [7, 11) is 0. The van der Waals surface area contributed by atoms with E-state index in [0.29, 0.717) is 0 Å². The summed E-state index contributed by atoms with van der Waals surface area (Å²) in [5.74, 6) is 0.862. The van der Waals surface area contributed by atoms with Crippen LogP contribution in [0.5, 0.6) is 0 Å². The smallest absolute Gasteiger partial charge is 0.153 e. The molecule has 0 spiro atoms. The molecule has 3 rings (SSSR count). The van der Waals surface area contributed by atoms with Gasteiger partial charge in [-0.25, -0.2) is 9.67 Å². The van der Waals surface area contributed by atoms with Crippen LogP contribution in [-0.4, -0.2) is 20.8 Å². The normalized spacial score (nSPS) is 14.9. The van der Waals surface area contributed by atoms with E-state index in [-0.39, 0.29) is 0 Å². The molecule has 0 radical (unpaired) electrons. The number of hydrogen-bond acceptors (Lipinski definition) is 3. The molecule has 2 aromatic heterocycles. The van der Waals surface area contributed by atoms with Crippen molar-refractivity contribution in [2.24, 2.45) is 0 Å². The summed E-state index contributed by atoms with van der Waals surface area (Å²) in [6, 6.07) is 4.87. The van der Waals surface area contributed by atoms with E-state index in [1.165, 1.54) is 18.4 Å². The molecule has 0 atom stereocenters. The quantitative estimate of drug-likeness (QED) is 0.941. The fraction of sp³-hybridized carbons (Fsp3) is 0.429. The summed E-state index contributed by atoms with van der Waals surface area (Å²) < 4.78 is 2.92. The highest BCUT2D eigenvalue weighted by Crippen LogP contribution is 2.22. The molecule has 1 aliphatic rings. The fourth-order valence-electron chi connectivity index (χ4n) is 2.04. The molecule has 0 aromatic carbocycles. The molecule has 1 saturated carbocycles. The summed E-state index contributed by atoms with van der Waals surface area (Å²) in [5.41, 5.74) is 3.28. The minimum atomic E-state index is 0.728.